The third-order valence-electron chi connectivity index (χ3n) is 3.65. The number of nitrogens with one attached hydrogen (secondary N) is 1. The molecule has 1 heterocycles. The van der Waals surface area contributed by atoms with E-state index in [1.807, 2.05) is 0 Å². The Bertz CT molecular complexity index is 796. The maximum Gasteiger partial charge on any atom is 0.416 e. The number of halogens is 6. The average Bonchev–Trinajstić information content (AvgIpc) is 2.52. The molecule has 9 heteroatoms. The Kier molecular flexibility index (Phi) is 3.89. The largest absolute Gasteiger partial charge is 0.416 e. The van der Waals surface area contributed by atoms with Gasteiger partial charge in [0.25, 0.3) is 0 Å². The molecule has 3 rings (SSSR count). The number of alkyl halides is 6. The van der Waals surface area contributed by atoms with Gasteiger partial charge in [-0.05, 0) is 30.3 Å². The molecule has 2 aromatic rings. The van der Waals surface area contributed by atoms with E-state index < -0.39 is 35.9 Å². The van der Waals surface area contributed by atoms with Gasteiger partial charge in [0.1, 0.15) is 6.54 Å². The molecule has 1 amide bonds. The van der Waals surface area contributed by atoms with Gasteiger partial charge >= 0.3 is 12.4 Å². The fraction of sp³-hybridized carbons (Fsp3) is 0.188. The molecule has 0 saturated heterocycles. The van der Waals surface area contributed by atoms with Crippen molar-refractivity contribution in [3.05, 3.63) is 53.6 Å². The summed E-state index contributed by atoms with van der Waals surface area (Å²) in [5.41, 5.74) is -2.59. The first-order valence-corrected chi connectivity index (χ1v) is 7.01. The number of nitrogens with zero attached hydrogens (tertiary/aromatic N) is 1. The Labute approximate surface area is 137 Å². The third kappa shape index (κ3) is 3.40. The first-order chi connectivity index (χ1) is 11.6. The summed E-state index contributed by atoms with van der Waals surface area (Å²) >= 11 is 0. The number of para-hydroxylation sites is 2. The maximum absolute atomic E-state index is 13.0. The first-order valence-electron chi connectivity index (χ1n) is 7.01. The Hall–Kier alpha value is -2.71. The summed E-state index contributed by atoms with van der Waals surface area (Å²) < 4.78 is 78.1. The molecule has 1 aliphatic heterocycles. The minimum Gasteiger partial charge on any atom is -0.330 e. The predicted octanol–water partition coefficient (Wildman–Crippen LogP) is 4.81. The van der Waals surface area contributed by atoms with Crippen LogP contribution >= 0.6 is 0 Å². The molecule has 132 valence electrons. The summed E-state index contributed by atoms with van der Waals surface area (Å²) in [5.74, 6) is -0.537. The Morgan fingerprint density at radius 3 is 2.00 bits per heavy atom. The van der Waals surface area contributed by atoms with Crippen molar-refractivity contribution in [2.75, 3.05) is 16.8 Å². The standard InChI is InChI=1S/C16H10F6N2O/c17-15(18,19)9-5-10(16(20,21)22)7-11(6-9)24-8-14(25)23-12-3-1-2-4-13(12)24/h1-7H,8H2,(H,23,25). The number of anilines is 3. The summed E-state index contributed by atoms with van der Waals surface area (Å²) in [4.78, 5) is 12.9. The molecular formula is C16H10F6N2O. The first kappa shape index (κ1) is 17.1. The van der Waals surface area contributed by atoms with Crippen LogP contribution in [0.15, 0.2) is 42.5 Å². The van der Waals surface area contributed by atoms with E-state index in [1.165, 1.54) is 12.1 Å². The molecule has 0 unspecified atom stereocenters. The molecule has 0 spiro atoms. The van der Waals surface area contributed by atoms with Gasteiger partial charge in [0.05, 0.1) is 22.5 Å². The van der Waals surface area contributed by atoms with E-state index in [0.717, 1.165) is 4.90 Å². The molecule has 0 bridgehead atoms. The second-order valence-electron chi connectivity index (χ2n) is 5.42. The Morgan fingerprint density at radius 1 is 0.880 bits per heavy atom. The second kappa shape index (κ2) is 5.68. The van der Waals surface area contributed by atoms with Gasteiger partial charge in [0.2, 0.25) is 5.91 Å². The van der Waals surface area contributed by atoms with Crippen molar-refractivity contribution >= 4 is 23.0 Å². The number of carbonyl (C=O) groups excluding carboxylic acids is 1. The highest BCUT2D eigenvalue weighted by molar-refractivity contribution is 6.03. The van der Waals surface area contributed by atoms with Crippen LogP contribution in [0.25, 0.3) is 0 Å². The van der Waals surface area contributed by atoms with Gasteiger partial charge in [-0.3, -0.25) is 4.79 Å². The molecule has 0 atom stereocenters. The minimum atomic E-state index is -4.95. The molecule has 0 aromatic heterocycles. The van der Waals surface area contributed by atoms with Gasteiger partial charge in [-0.1, -0.05) is 12.1 Å². The lowest BCUT2D eigenvalue weighted by atomic mass is 10.1. The van der Waals surface area contributed by atoms with Gasteiger partial charge < -0.3 is 10.2 Å². The van der Waals surface area contributed by atoms with Crippen molar-refractivity contribution < 1.29 is 31.1 Å². The van der Waals surface area contributed by atoms with Crippen LogP contribution in [0.4, 0.5) is 43.4 Å². The quantitative estimate of drug-likeness (QED) is 0.740. The summed E-state index contributed by atoms with van der Waals surface area (Å²) in [5, 5.41) is 2.52. The number of rotatable bonds is 1. The molecule has 25 heavy (non-hydrogen) atoms. The van der Waals surface area contributed by atoms with Gasteiger partial charge in [-0.15, -0.1) is 0 Å². The van der Waals surface area contributed by atoms with Gasteiger partial charge in [0.15, 0.2) is 0 Å². The lowest BCUT2D eigenvalue weighted by Gasteiger charge is -2.31. The zero-order chi connectivity index (χ0) is 18.4. The highest BCUT2D eigenvalue weighted by Crippen LogP contribution is 2.41. The van der Waals surface area contributed by atoms with Crippen molar-refractivity contribution in [2.24, 2.45) is 0 Å². The molecular weight excluding hydrogens is 350 g/mol. The van der Waals surface area contributed by atoms with Crippen molar-refractivity contribution in [1.29, 1.82) is 0 Å². The number of fused-ring (bicyclic) bond motifs is 1. The molecule has 1 N–H and O–H groups in total. The second-order valence-corrected chi connectivity index (χ2v) is 5.42. The SMILES string of the molecule is O=C1CN(c2cc(C(F)(F)F)cc(C(F)(F)F)c2)c2ccccc2N1. The van der Waals surface area contributed by atoms with Crippen LogP contribution in [-0.2, 0) is 17.1 Å². The average molecular weight is 360 g/mol. The Morgan fingerprint density at radius 2 is 1.44 bits per heavy atom. The van der Waals surface area contributed by atoms with Crippen LogP contribution in [0.1, 0.15) is 11.1 Å². The molecule has 0 radical (unpaired) electrons. The van der Waals surface area contributed by atoms with Crippen LogP contribution in [-0.4, -0.2) is 12.5 Å². The van der Waals surface area contributed by atoms with Crippen LogP contribution in [0, 0.1) is 0 Å². The van der Waals surface area contributed by atoms with Gasteiger partial charge in [0, 0.05) is 5.69 Å². The summed E-state index contributed by atoms with van der Waals surface area (Å²) in [6.45, 7) is -0.393. The van der Waals surface area contributed by atoms with Crippen LogP contribution < -0.4 is 10.2 Å². The monoisotopic (exact) mass is 360 g/mol. The van der Waals surface area contributed by atoms with E-state index in [2.05, 4.69) is 5.32 Å². The zero-order valence-corrected chi connectivity index (χ0v) is 12.4. The zero-order valence-electron chi connectivity index (χ0n) is 12.4. The van der Waals surface area contributed by atoms with Crippen molar-refractivity contribution in [3.8, 4) is 0 Å². The number of carbonyl (C=O) groups is 1. The predicted molar refractivity (Wildman–Crippen MR) is 78.5 cm³/mol. The van der Waals surface area contributed by atoms with E-state index in [9.17, 15) is 31.1 Å². The molecule has 2 aromatic carbocycles. The van der Waals surface area contributed by atoms with E-state index >= 15 is 0 Å². The maximum atomic E-state index is 13.0. The van der Waals surface area contributed by atoms with E-state index in [4.69, 9.17) is 0 Å². The summed E-state index contributed by atoms with van der Waals surface area (Å²) in [6, 6.07) is 7.44. The van der Waals surface area contributed by atoms with Crippen molar-refractivity contribution in [1.82, 2.24) is 0 Å². The lowest BCUT2D eigenvalue weighted by Crippen LogP contribution is -2.35. The number of hydrogen-bond acceptors (Lipinski definition) is 2. The fourth-order valence-corrected chi connectivity index (χ4v) is 2.56. The topological polar surface area (TPSA) is 32.3 Å². The van der Waals surface area contributed by atoms with Crippen LogP contribution in [0.2, 0.25) is 0 Å². The molecule has 0 aliphatic carbocycles. The molecule has 0 saturated carbocycles. The van der Waals surface area contributed by atoms with Gasteiger partial charge in [-0.25, -0.2) is 0 Å². The highest BCUT2D eigenvalue weighted by Gasteiger charge is 2.38. The van der Waals surface area contributed by atoms with Crippen molar-refractivity contribution in [3.63, 3.8) is 0 Å². The number of hydrogen-bond donors (Lipinski definition) is 1. The lowest BCUT2D eigenvalue weighted by molar-refractivity contribution is -0.143. The van der Waals surface area contributed by atoms with Crippen molar-refractivity contribution in [2.45, 2.75) is 12.4 Å². The Balaban J connectivity index is 2.19. The van der Waals surface area contributed by atoms with E-state index in [0.29, 0.717) is 23.5 Å². The highest BCUT2D eigenvalue weighted by atomic mass is 19.4. The van der Waals surface area contributed by atoms with Crippen LogP contribution in [0.5, 0.6) is 0 Å². The molecule has 0 fully saturated rings. The van der Waals surface area contributed by atoms with E-state index in [-0.39, 0.29) is 11.8 Å². The number of benzene rings is 2. The molecule has 3 nitrogen and oxygen atoms in total. The minimum absolute atomic E-state index is 0.0550. The normalized spacial score (nSPS) is 15.0. The van der Waals surface area contributed by atoms with E-state index in [1.54, 1.807) is 12.1 Å². The van der Waals surface area contributed by atoms with Crippen LogP contribution in [0.3, 0.4) is 0 Å². The summed E-state index contributed by atoms with van der Waals surface area (Å²) in [6.07, 6.45) is -9.90. The van der Waals surface area contributed by atoms with Gasteiger partial charge in [-0.2, -0.15) is 26.3 Å². The smallest absolute Gasteiger partial charge is 0.330 e. The number of amides is 1. The summed E-state index contributed by atoms with van der Waals surface area (Å²) in [7, 11) is 0. The third-order valence-corrected chi connectivity index (χ3v) is 3.65. The fourth-order valence-electron chi connectivity index (χ4n) is 2.56. The molecule has 1 aliphatic rings.